The van der Waals surface area contributed by atoms with Gasteiger partial charge in [-0.05, 0) is 33.3 Å². The summed E-state index contributed by atoms with van der Waals surface area (Å²) in [7, 11) is 0. The van der Waals surface area contributed by atoms with Gasteiger partial charge in [0.25, 0.3) is 0 Å². The lowest BCUT2D eigenvalue weighted by molar-refractivity contribution is -0.158. The van der Waals surface area contributed by atoms with Crippen LogP contribution >= 0.6 is 0 Å². The highest BCUT2D eigenvalue weighted by molar-refractivity contribution is 5.75. The molecule has 0 aliphatic carbocycles. The van der Waals surface area contributed by atoms with Crippen molar-refractivity contribution in [3.8, 4) is 0 Å². The number of esters is 1. The first-order valence-electron chi connectivity index (χ1n) is 5.17. The average Bonchev–Trinajstić information content (AvgIpc) is 2.17. The molecule has 0 aliphatic heterocycles. The molecule has 0 heterocycles. The Bertz CT molecular complexity index is 322. The predicted molar refractivity (Wildman–Crippen MR) is 60.4 cm³/mol. The SMILES string of the molecule is C[C@@H](OC(=O)C(C)(C)C)c1ccccc1. The van der Waals surface area contributed by atoms with Crippen molar-refractivity contribution in [3.05, 3.63) is 35.9 Å². The van der Waals surface area contributed by atoms with Crippen molar-refractivity contribution in [3.63, 3.8) is 0 Å². The minimum absolute atomic E-state index is 0.168. The molecule has 0 fully saturated rings. The molecule has 82 valence electrons. The van der Waals surface area contributed by atoms with Crippen molar-refractivity contribution in [2.45, 2.75) is 33.8 Å². The van der Waals surface area contributed by atoms with Gasteiger partial charge in [0.05, 0.1) is 5.41 Å². The lowest BCUT2D eigenvalue weighted by Gasteiger charge is -2.21. The zero-order valence-electron chi connectivity index (χ0n) is 9.78. The van der Waals surface area contributed by atoms with Gasteiger partial charge in [-0.2, -0.15) is 0 Å². The molecule has 2 nitrogen and oxygen atoms in total. The number of hydrogen-bond acceptors (Lipinski definition) is 2. The van der Waals surface area contributed by atoms with Crippen molar-refractivity contribution < 1.29 is 9.53 Å². The van der Waals surface area contributed by atoms with Gasteiger partial charge in [-0.25, -0.2) is 0 Å². The maximum absolute atomic E-state index is 11.6. The predicted octanol–water partition coefficient (Wildman–Crippen LogP) is 3.34. The van der Waals surface area contributed by atoms with Gasteiger partial charge in [-0.1, -0.05) is 30.3 Å². The molecule has 0 saturated heterocycles. The summed E-state index contributed by atoms with van der Waals surface area (Å²) in [5.74, 6) is -0.168. The molecule has 0 amide bonds. The van der Waals surface area contributed by atoms with E-state index in [1.54, 1.807) is 0 Å². The number of benzene rings is 1. The molecule has 1 aromatic carbocycles. The summed E-state index contributed by atoms with van der Waals surface area (Å²) >= 11 is 0. The average molecular weight is 206 g/mol. The number of ether oxygens (including phenoxy) is 1. The largest absolute Gasteiger partial charge is 0.457 e. The second-order valence-electron chi connectivity index (χ2n) is 4.71. The highest BCUT2D eigenvalue weighted by Crippen LogP contribution is 2.22. The summed E-state index contributed by atoms with van der Waals surface area (Å²) in [4.78, 5) is 11.6. The van der Waals surface area contributed by atoms with Crippen LogP contribution in [0, 0.1) is 5.41 Å². The van der Waals surface area contributed by atoms with Gasteiger partial charge in [0.15, 0.2) is 0 Å². The summed E-state index contributed by atoms with van der Waals surface area (Å²) in [6, 6.07) is 9.75. The van der Waals surface area contributed by atoms with Crippen molar-refractivity contribution >= 4 is 5.97 Å². The van der Waals surface area contributed by atoms with Crippen molar-refractivity contribution in [2.75, 3.05) is 0 Å². The molecule has 1 aromatic rings. The van der Waals surface area contributed by atoms with E-state index in [0.29, 0.717) is 0 Å². The second-order valence-corrected chi connectivity index (χ2v) is 4.71. The highest BCUT2D eigenvalue weighted by atomic mass is 16.5. The summed E-state index contributed by atoms with van der Waals surface area (Å²) in [6.07, 6.45) is -0.182. The molecule has 0 unspecified atom stereocenters. The van der Waals surface area contributed by atoms with E-state index >= 15 is 0 Å². The van der Waals surface area contributed by atoms with E-state index in [1.165, 1.54) is 0 Å². The van der Waals surface area contributed by atoms with Crippen LogP contribution in [-0.2, 0) is 9.53 Å². The summed E-state index contributed by atoms with van der Waals surface area (Å²) < 4.78 is 5.36. The van der Waals surface area contributed by atoms with E-state index in [2.05, 4.69) is 0 Å². The number of carbonyl (C=O) groups excluding carboxylic acids is 1. The Morgan fingerprint density at radius 3 is 2.20 bits per heavy atom. The van der Waals surface area contributed by atoms with Gasteiger partial charge in [0.2, 0.25) is 0 Å². The molecule has 1 atom stereocenters. The molecular weight excluding hydrogens is 188 g/mol. The zero-order chi connectivity index (χ0) is 11.5. The zero-order valence-corrected chi connectivity index (χ0v) is 9.78. The Hall–Kier alpha value is -1.31. The van der Waals surface area contributed by atoms with Gasteiger partial charge >= 0.3 is 5.97 Å². The van der Waals surface area contributed by atoms with Gasteiger partial charge in [-0.15, -0.1) is 0 Å². The molecule has 0 spiro atoms. The highest BCUT2D eigenvalue weighted by Gasteiger charge is 2.25. The van der Waals surface area contributed by atoms with Crippen LogP contribution < -0.4 is 0 Å². The van der Waals surface area contributed by atoms with Crippen LogP contribution in [0.25, 0.3) is 0 Å². The summed E-state index contributed by atoms with van der Waals surface area (Å²) in [5.41, 5.74) is 0.582. The normalized spacial score (nSPS) is 13.3. The Kier molecular flexibility index (Phi) is 3.51. The van der Waals surface area contributed by atoms with Gasteiger partial charge in [-0.3, -0.25) is 4.79 Å². The fraction of sp³-hybridized carbons (Fsp3) is 0.462. The van der Waals surface area contributed by atoms with E-state index in [-0.39, 0.29) is 12.1 Å². The molecule has 0 N–H and O–H groups in total. The van der Waals surface area contributed by atoms with E-state index in [1.807, 2.05) is 58.0 Å². The molecule has 0 bridgehead atoms. The molecule has 0 radical (unpaired) electrons. The topological polar surface area (TPSA) is 26.3 Å². The molecule has 0 aliphatic rings. The van der Waals surface area contributed by atoms with Crippen LogP contribution in [0.1, 0.15) is 39.4 Å². The second kappa shape index (κ2) is 4.47. The number of carbonyl (C=O) groups is 1. The molecular formula is C13H18O2. The quantitative estimate of drug-likeness (QED) is 0.694. The maximum atomic E-state index is 11.6. The van der Waals surface area contributed by atoms with E-state index < -0.39 is 5.41 Å². The fourth-order valence-corrected chi connectivity index (χ4v) is 1.13. The molecule has 15 heavy (non-hydrogen) atoms. The van der Waals surface area contributed by atoms with Crippen LogP contribution in [0.2, 0.25) is 0 Å². The molecule has 0 saturated carbocycles. The third-order valence-corrected chi connectivity index (χ3v) is 2.17. The summed E-state index contributed by atoms with van der Waals surface area (Å²) in [6.45, 7) is 7.45. The van der Waals surface area contributed by atoms with Crippen LogP contribution in [-0.4, -0.2) is 5.97 Å². The maximum Gasteiger partial charge on any atom is 0.311 e. The first-order chi connectivity index (χ1) is 6.91. The number of hydrogen-bond donors (Lipinski definition) is 0. The van der Waals surface area contributed by atoms with Crippen molar-refractivity contribution in [1.82, 2.24) is 0 Å². The first kappa shape index (κ1) is 11.8. The Balaban J connectivity index is 2.65. The molecule has 1 rings (SSSR count). The smallest absolute Gasteiger partial charge is 0.311 e. The van der Waals surface area contributed by atoms with Crippen LogP contribution in [0.15, 0.2) is 30.3 Å². The van der Waals surface area contributed by atoms with E-state index in [9.17, 15) is 4.79 Å². The first-order valence-corrected chi connectivity index (χ1v) is 5.17. The Labute approximate surface area is 91.3 Å². The fourth-order valence-electron chi connectivity index (χ4n) is 1.13. The van der Waals surface area contributed by atoms with E-state index in [4.69, 9.17) is 4.74 Å². The third-order valence-electron chi connectivity index (χ3n) is 2.17. The van der Waals surface area contributed by atoms with Crippen molar-refractivity contribution in [2.24, 2.45) is 5.41 Å². The minimum atomic E-state index is -0.441. The molecule has 2 heteroatoms. The standard InChI is InChI=1S/C13H18O2/c1-10(11-8-6-5-7-9-11)15-12(14)13(2,3)4/h5-10H,1-4H3/t10-/m1/s1. The molecule has 0 aromatic heterocycles. The lowest BCUT2D eigenvalue weighted by Crippen LogP contribution is -2.24. The third kappa shape index (κ3) is 3.39. The summed E-state index contributed by atoms with van der Waals surface area (Å²) in [5, 5.41) is 0. The minimum Gasteiger partial charge on any atom is -0.457 e. The Morgan fingerprint density at radius 1 is 1.20 bits per heavy atom. The van der Waals surface area contributed by atoms with Crippen LogP contribution in [0.5, 0.6) is 0 Å². The Morgan fingerprint density at radius 2 is 1.73 bits per heavy atom. The van der Waals surface area contributed by atoms with Gasteiger partial charge in [0, 0.05) is 0 Å². The number of rotatable bonds is 2. The lowest BCUT2D eigenvalue weighted by atomic mass is 9.97. The van der Waals surface area contributed by atoms with E-state index in [0.717, 1.165) is 5.56 Å². The van der Waals surface area contributed by atoms with Crippen LogP contribution in [0.3, 0.4) is 0 Å². The van der Waals surface area contributed by atoms with Gasteiger partial charge < -0.3 is 4.74 Å². The monoisotopic (exact) mass is 206 g/mol. The van der Waals surface area contributed by atoms with Gasteiger partial charge in [0.1, 0.15) is 6.10 Å². The van der Waals surface area contributed by atoms with Crippen LogP contribution in [0.4, 0.5) is 0 Å². The van der Waals surface area contributed by atoms with Crippen molar-refractivity contribution in [1.29, 1.82) is 0 Å².